The van der Waals surface area contributed by atoms with Crippen LogP contribution in [0.25, 0.3) is 22.3 Å². The summed E-state index contributed by atoms with van der Waals surface area (Å²) in [5.74, 6) is 5.27. The first-order valence-corrected chi connectivity index (χ1v) is 19.8. The maximum Gasteiger partial charge on any atom is 0.528 e. The summed E-state index contributed by atoms with van der Waals surface area (Å²) in [5.41, 5.74) is 1.34. The molecule has 0 spiro atoms. The van der Waals surface area contributed by atoms with Crippen molar-refractivity contribution in [3.05, 3.63) is 25.3 Å². The highest BCUT2D eigenvalue weighted by Crippen LogP contribution is 2.35. The molecule has 3 saturated heterocycles. The maximum absolute atomic E-state index is 13.0. The fraction of sp³-hybridized carbons (Fsp3) is 0.559. The fourth-order valence-electron chi connectivity index (χ4n) is 7.05. The number of ether oxygens (including phenoxy) is 3. The molecule has 57 heavy (non-hydrogen) atoms. The molecule has 7 heterocycles. The number of carbonyl (C=O) groups excluding carboxylic acids is 1. The molecule has 3 fully saturated rings. The molecule has 3 aliphatic heterocycles. The van der Waals surface area contributed by atoms with Crippen LogP contribution >= 0.6 is 0 Å². The Kier molecular flexibility index (Phi) is 11.7. The van der Waals surface area contributed by atoms with Gasteiger partial charge in [0.2, 0.25) is 10.0 Å². The van der Waals surface area contributed by atoms with Crippen molar-refractivity contribution in [3.63, 3.8) is 0 Å². The number of nitrogens with one attached hydrogen (secondary N) is 2. The highest BCUT2D eigenvalue weighted by Gasteiger charge is 2.48. The third-order valence-corrected chi connectivity index (χ3v) is 12.1. The van der Waals surface area contributed by atoms with Gasteiger partial charge in [-0.2, -0.15) is 0 Å². The zero-order valence-corrected chi connectivity index (χ0v) is 31.7. The van der Waals surface area contributed by atoms with E-state index in [-0.39, 0.29) is 29.8 Å². The first kappa shape index (κ1) is 40.0. The molecule has 4 aromatic heterocycles. The number of anilines is 2. The Balaban J connectivity index is 0.928. The van der Waals surface area contributed by atoms with Crippen LogP contribution in [0.15, 0.2) is 25.3 Å². The second-order valence-corrected chi connectivity index (χ2v) is 15.5. The lowest BCUT2D eigenvalue weighted by molar-refractivity contribution is -0.150. The number of aliphatic hydroxyl groups is 3. The minimum absolute atomic E-state index is 0.0638. The molecule has 0 amide bonds. The number of imidazole rings is 2. The van der Waals surface area contributed by atoms with Crippen LogP contribution in [0, 0.1) is 24.7 Å². The summed E-state index contributed by atoms with van der Waals surface area (Å²) in [6, 6.07) is -0.0910. The first-order chi connectivity index (χ1) is 27.5. The molecule has 0 unspecified atom stereocenters. The summed E-state index contributed by atoms with van der Waals surface area (Å²) in [6.45, 7) is 4.98. The number of rotatable bonds is 13. The van der Waals surface area contributed by atoms with Gasteiger partial charge in [-0.25, -0.2) is 47.4 Å². The number of nitrogens with zero attached hydrogens (tertiary/aromatic N) is 10. The van der Waals surface area contributed by atoms with E-state index >= 15 is 0 Å². The van der Waals surface area contributed by atoms with Gasteiger partial charge in [0.15, 0.2) is 58.6 Å². The van der Waals surface area contributed by atoms with Crippen molar-refractivity contribution in [2.24, 2.45) is 0 Å². The molecule has 0 bridgehead atoms. The number of piperidine rings is 1. The summed E-state index contributed by atoms with van der Waals surface area (Å²) in [4.78, 5) is 44.3. The summed E-state index contributed by atoms with van der Waals surface area (Å²) in [7, 11) is -3.48. The summed E-state index contributed by atoms with van der Waals surface area (Å²) < 4.78 is 46.6. The average Bonchev–Trinajstić information content (AvgIpc) is 3.97. The SMILES string of the molecule is C#C[C@H]1O[C@@H](n2cnc3c(NC4CCN(OC(=O)O[C@H]5[C@@H](O)[C@H](n6cnc7c(NCCS(=O)(=O)N(CC)CC)ncnc76)O[C@@H]5C#C)CC4)ncnc32)[C@H](O)[C@@H]1O. The lowest BCUT2D eigenvalue weighted by Crippen LogP contribution is -2.42. The summed E-state index contributed by atoms with van der Waals surface area (Å²) >= 11 is 0. The number of aromatic nitrogens is 8. The van der Waals surface area contributed by atoms with Gasteiger partial charge in [0.05, 0.1) is 18.4 Å². The van der Waals surface area contributed by atoms with Gasteiger partial charge in [-0.15, -0.1) is 17.9 Å². The Morgan fingerprint density at radius 2 is 1.46 bits per heavy atom. The van der Waals surface area contributed by atoms with Gasteiger partial charge in [-0.3, -0.25) is 9.13 Å². The number of hydroxylamine groups is 2. The molecule has 7 rings (SSSR count). The Hall–Kier alpha value is -5.24. The van der Waals surface area contributed by atoms with Crippen LogP contribution in [-0.4, -0.2) is 159 Å². The van der Waals surface area contributed by atoms with E-state index < -0.39 is 65.3 Å². The summed E-state index contributed by atoms with van der Waals surface area (Å²) in [6.07, 6.45) is 6.91. The van der Waals surface area contributed by atoms with E-state index in [1.807, 2.05) is 0 Å². The van der Waals surface area contributed by atoms with Crippen molar-refractivity contribution in [1.29, 1.82) is 0 Å². The quantitative estimate of drug-likeness (QED) is 0.0818. The molecule has 8 atom stereocenters. The number of terminal acetylenes is 2. The van der Waals surface area contributed by atoms with E-state index in [2.05, 4.69) is 52.4 Å². The number of carbonyl (C=O) groups is 1. The molecule has 4 aromatic rings. The molecular weight excluding hydrogens is 769 g/mol. The topological polar surface area (TPSA) is 267 Å². The fourth-order valence-corrected chi connectivity index (χ4v) is 8.46. The lowest BCUT2D eigenvalue weighted by Gasteiger charge is -2.31. The van der Waals surface area contributed by atoms with E-state index in [1.165, 1.54) is 43.8 Å². The van der Waals surface area contributed by atoms with E-state index in [0.717, 1.165) is 0 Å². The van der Waals surface area contributed by atoms with Gasteiger partial charge in [0, 0.05) is 38.8 Å². The molecule has 0 aromatic carbocycles. The van der Waals surface area contributed by atoms with Gasteiger partial charge >= 0.3 is 6.16 Å². The van der Waals surface area contributed by atoms with E-state index in [1.54, 1.807) is 13.8 Å². The second-order valence-electron chi connectivity index (χ2n) is 13.4. The van der Waals surface area contributed by atoms with E-state index in [4.69, 9.17) is 31.9 Å². The highest BCUT2D eigenvalue weighted by molar-refractivity contribution is 7.89. The van der Waals surface area contributed by atoms with Crippen LogP contribution in [-0.2, 0) is 29.1 Å². The first-order valence-electron chi connectivity index (χ1n) is 18.2. The van der Waals surface area contributed by atoms with Crippen LogP contribution in [0.5, 0.6) is 0 Å². The van der Waals surface area contributed by atoms with Crippen molar-refractivity contribution < 1.29 is 47.6 Å². The van der Waals surface area contributed by atoms with Crippen molar-refractivity contribution >= 4 is 50.1 Å². The molecule has 0 aliphatic carbocycles. The maximum atomic E-state index is 13.0. The second kappa shape index (κ2) is 16.7. The van der Waals surface area contributed by atoms with Crippen LogP contribution in [0.3, 0.4) is 0 Å². The Labute approximate surface area is 326 Å². The zero-order chi connectivity index (χ0) is 40.4. The minimum atomic E-state index is -3.48. The third-order valence-electron chi connectivity index (χ3n) is 10.0. The molecule has 3 aliphatic rings. The predicted molar refractivity (Wildman–Crippen MR) is 199 cm³/mol. The summed E-state index contributed by atoms with van der Waals surface area (Å²) in [5, 5.41) is 39.8. The normalized spacial score (nSPS) is 27.1. The van der Waals surface area contributed by atoms with Gasteiger partial charge in [0.1, 0.15) is 37.1 Å². The number of fused-ring (bicyclic) bond motifs is 2. The van der Waals surface area contributed by atoms with Crippen LogP contribution in [0.4, 0.5) is 16.4 Å². The number of hydrogen-bond donors (Lipinski definition) is 5. The van der Waals surface area contributed by atoms with Crippen molar-refractivity contribution in [1.82, 2.24) is 48.4 Å². The van der Waals surface area contributed by atoms with Crippen LogP contribution in [0.2, 0.25) is 0 Å². The number of sulfonamides is 1. The van der Waals surface area contributed by atoms with Crippen molar-refractivity contribution in [2.45, 2.75) is 81.8 Å². The van der Waals surface area contributed by atoms with E-state index in [9.17, 15) is 28.5 Å². The molecular formula is C34H42N12O10S. The number of aliphatic hydroxyl groups excluding tert-OH is 3. The predicted octanol–water partition coefficient (Wildman–Crippen LogP) is -0.793. The van der Waals surface area contributed by atoms with Crippen molar-refractivity contribution in [2.75, 3.05) is 49.1 Å². The van der Waals surface area contributed by atoms with Crippen LogP contribution < -0.4 is 10.6 Å². The Morgan fingerprint density at radius 3 is 2.05 bits per heavy atom. The molecule has 22 nitrogen and oxygen atoms in total. The van der Waals surface area contributed by atoms with Gasteiger partial charge in [-0.05, 0) is 12.8 Å². The molecule has 23 heteroatoms. The van der Waals surface area contributed by atoms with Gasteiger partial charge < -0.3 is 45.0 Å². The van der Waals surface area contributed by atoms with Crippen LogP contribution in [0.1, 0.15) is 39.1 Å². The highest BCUT2D eigenvalue weighted by atomic mass is 32.2. The monoisotopic (exact) mass is 810 g/mol. The Bertz CT molecular complexity index is 2270. The van der Waals surface area contributed by atoms with E-state index in [0.29, 0.717) is 61.5 Å². The molecule has 0 radical (unpaired) electrons. The third kappa shape index (κ3) is 7.88. The van der Waals surface area contributed by atoms with Gasteiger partial charge in [0.25, 0.3) is 0 Å². The molecule has 0 saturated carbocycles. The average molecular weight is 811 g/mol. The van der Waals surface area contributed by atoms with Crippen molar-refractivity contribution in [3.8, 4) is 24.7 Å². The Morgan fingerprint density at radius 1 is 0.877 bits per heavy atom. The zero-order valence-electron chi connectivity index (χ0n) is 30.9. The van der Waals surface area contributed by atoms with Gasteiger partial charge in [-0.1, -0.05) is 25.7 Å². The smallest absolute Gasteiger partial charge is 0.423 e. The molecule has 304 valence electrons. The molecule has 5 N–H and O–H groups in total. The standard InChI is InChI=1S/C34H42N12O10S/c1-5-20-24(47)25(48)32(53-20)45-18-41-23-29(37-16-39-31(23)45)42-19-9-12-43(13-10-19)56-34(50)55-27-21(6-2)54-33(26(27)49)46-17-40-22-28(36-15-38-30(22)46)35-11-14-57(51,52)44(7-3)8-4/h1-2,15-21,24-27,32-33,47-49H,7-14H2,3-4H3,(H,35,36,38)(H,37,39,42)/t20-,21-,24-,25-,26-,27-,32-,33-/m1/s1. The minimum Gasteiger partial charge on any atom is -0.423 e. The number of hydrogen-bond acceptors (Lipinski definition) is 19. The lowest BCUT2D eigenvalue weighted by atomic mass is 10.1. The largest absolute Gasteiger partial charge is 0.528 e.